The summed E-state index contributed by atoms with van der Waals surface area (Å²) in [4.78, 5) is 76.3. The lowest BCUT2D eigenvalue weighted by molar-refractivity contribution is -0.142. The fraction of sp³-hybridized carbons (Fsp3) is 0.462. The van der Waals surface area contributed by atoms with Crippen molar-refractivity contribution in [2.45, 2.75) is 70.1 Å². The number of amides is 5. The number of aromatic nitrogens is 1. The Morgan fingerprint density at radius 2 is 1.48 bits per heavy atom. The summed E-state index contributed by atoms with van der Waals surface area (Å²) in [6, 6.07) is 2.26. The minimum atomic E-state index is -1.40. The predicted octanol–water partition coefficient (Wildman–Crippen LogP) is -1.24. The molecule has 0 aliphatic rings. The van der Waals surface area contributed by atoms with Gasteiger partial charge in [0.15, 0.2) is 0 Å². The molecule has 0 fully saturated rings. The van der Waals surface area contributed by atoms with Crippen LogP contribution in [0.25, 0.3) is 10.9 Å². The molecule has 14 nitrogen and oxygen atoms in total. The number of rotatable bonds is 16. The van der Waals surface area contributed by atoms with E-state index in [9.17, 15) is 33.9 Å². The lowest BCUT2D eigenvalue weighted by Gasteiger charge is -2.26. The van der Waals surface area contributed by atoms with Crippen molar-refractivity contribution >= 4 is 46.4 Å². The van der Waals surface area contributed by atoms with Crippen LogP contribution in [0.5, 0.6) is 0 Å². The Morgan fingerprint density at radius 3 is 2.08 bits per heavy atom. The van der Waals surface area contributed by atoms with E-state index in [-0.39, 0.29) is 31.6 Å². The number of hydrogen-bond acceptors (Lipinski definition) is 7. The molecular weight excluding hydrogens is 522 g/mol. The number of aliphatic carboxylic acids is 1. The Morgan fingerprint density at radius 1 is 0.875 bits per heavy atom. The van der Waals surface area contributed by atoms with Gasteiger partial charge >= 0.3 is 5.97 Å². The molecule has 1 heterocycles. The van der Waals surface area contributed by atoms with Crippen molar-refractivity contribution in [1.29, 1.82) is 0 Å². The van der Waals surface area contributed by atoms with Crippen molar-refractivity contribution in [3.05, 3.63) is 36.0 Å². The Bertz CT molecular complexity index is 1240. The van der Waals surface area contributed by atoms with Gasteiger partial charge in [-0.15, -0.1) is 0 Å². The van der Waals surface area contributed by atoms with Gasteiger partial charge in [0.2, 0.25) is 29.5 Å². The quantitative estimate of drug-likeness (QED) is 0.123. The summed E-state index contributed by atoms with van der Waals surface area (Å²) < 4.78 is 0. The number of H-pyrrole nitrogens is 1. The maximum atomic E-state index is 13.5. The molecule has 0 saturated carbocycles. The number of carboxylic acids is 1. The predicted molar refractivity (Wildman–Crippen MR) is 145 cm³/mol. The monoisotopic (exact) mass is 559 g/mol. The minimum Gasteiger partial charge on any atom is -0.480 e. The van der Waals surface area contributed by atoms with Gasteiger partial charge in [0, 0.05) is 29.9 Å². The van der Waals surface area contributed by atoms with Crippen LogP contribution in [0.15, 0.2) is 30.5 Å². The van der Waals surface area contributed by atoms with Gasteiger partial charge in [0.1, 0.15) is 18.1 Å². The van der Waals surface area contributed by atoms with Gasteiger partial charge in [-0.2, -0.15) is 0 Å². The van der Waals surface area contributed by atoms with E-state index in [1.165, 1.54) is 0 Å². The number of hydrogen-bond donors (Lipinski definition) is 8. The first kappa shape index (κ1) is 31.8. The molecule has 1 aromatic carbocycles. The van der Waals surface area contributed by atoms with Crippen molar-refractivity contribution in [3.8, 4) is 0 Å². The molecule has 4 atom stereocenters. The highest BCUT2D eigenvalue weighted by Gasteiger charge is 2.31. The van der Waals surface area contributed by atoms with E-state index in [0.29, 0.717) is 5.56 Å². The number of nitrogens with one attached hydrogen (secondary N) is 4. The number of primary amides is 2. The fourth-order valence-corrected chi connectivity index (χ4v) is 4.11. The highest BCUT2D eigenvalue weighted by Crippen LogP contribution is 2.19. The number of fused-ring (bicyclic) bond motifs is 1. The van der Waals surface area contributed by atoms with Gasteiger partial charge in [-0.25, -0.2) is 4.79 Å². The number of carbonyl (C=O) groups is 6. The first-order valence-corrected chi connectivity index (χ1v) is 12.8. The number of para-hydroxylation sites is 1. The summed E-state index contributed by atoms with van der Waals surface area (Å²) in [6.45, 7) is 3.62. The van der Waals surface area contributed by atoms with Gasteiger partial charge in [-0.1, -0.05) is 32.0 Å². The van der Waals surface area contributed by atoms with Crippen molar-refractivity contribution in [3.63, 3.8) is 0 Å². The SMILES string of the molecule is CC(C)CC(NC(=O)C(Cc1c[nH]c2ccccc12)NC(=O)C(N)CC(N)=O)C(=O)NC(CCC(N)=O)C(=O)O. The van der Waals surface area contributed by atoms with Crippen LogP contribution in [0.3, 0.4) is 0 Å². The van der Waals surface area contributed by atoms with E-state index in [0.717, 1.165) is 10.9 Å². The number of carbonyl (C=O) groups excluding carboxylic acids is 5. The van der Waals surface area contributed by atoms with Gasteiger partial charge in [0.25, 0.3) is 0 Å². The first-order valence-electron chi connectivity index (χ1n) is 12.8. The third kappa shape index (κ3) is 9.69. The zero-order valence-corrected chi connectivity index (χ0v) is 22.4. The Kier molecular flexibility index (Phi) is 11.6. The normalized spacial score (nSPS) is 14.1. The summed E-state index contributed by atoms with van der Waals surface area (Å²) in [5.41, 5.74) is 17.5. The number of nitrogens with two attached hydrogens (primary N) is 3. The molecule has 4 unspecified atom stereocenters. The topological polar surface area (TPSA) is 253 Å². The van der Waals surface area contributed by atoms with Crippen LogP contribution in [-0.4, -0.2) is 69.8 Å². The highest BCUT2D eigenvalue weighted by molar-refractivity contribution is 5.95. The zero-order valence-electron chi connectivity index (χ0n) is 22.4. The minimum absolute atomic E-state index is 0.0112. The molecule has 11 N–H and O–H groups in total. The lowest BCUT2D eigenvalue weighted by Crippen LogP contribution is -2.58. The zero-order chi connectivity index (χ0) is 30.0. The van der Waals surface area contributed by atoms with Gasteiger partial charge < -0.3 is 43.2 Å². The number of benzene rings is 1. The molecule has 0 aliphatic carbocycles. The van der Waals surface area contributed by atoms with Crippen LogP contribution < -0.4 is 33.2 Å². The van der Waals surface area contributed by atoms with Crippen molar-refractivity contribution in [1.82, 2.24) is 20.9 Å². The van der Waals surface area contributed by atoms with Crippen LogP contribution in [0.1, 0.15) is 45.1 Å². The van der Waals surface area contributed by atoms with E-state index in [2.05, 4.69) is 20.9 Å². The molecule has 14 heteroatoms. The van der Waals surface area contributed by atoms with Gasteiger partial charge in [-0.05, 0) is 30.4 Å². The smallest absolute Gasteiger partial charge is 0.326 e. The van der Waals surface area contributed by atoms with Crippen LogP contribution in [0.2, 0.25) is 0 Å². The first-order chi connectivity index (χ1) is 18.8. The summed E-state index contributed by atoms with van der Waals surface area (Å²) >= 11 is 0. The fourth-order valence-electron chi connectivity index (χ4n) is 4.11. The third-order valence-electron chi connectivity index (χ3n) is 6.12. The van der Waals surface area contributed by atoms with Crippen molar-refractivity contribution in [2.75, 3.05) is 0 Å². The second-order valence-corrected chi connectivity index (χ2v) is 10.00. The second kappa shape index (κ2) is 14.6. The summed E-state index contributed by atoms with van der Waals surface area (Å²) in [5.74, 6) is -5.26. The standard InChI is InChI=1S/C26H37N7O7/c1-13(2)9-19(24(37)31-18(26(39)40)7-8-21(28)34)33-25(38)20(32-23(36)16(27)11-22(29)35)10-14-12-30-17-6-4-3-5-15(14)17/h3-6,12-13,16,18-20,30H,7-11,27H2,1-2H3,(H2,28,34)(H2,29,35)(H,31,37)(H,32,36)(H,33,38)(H,39,40). The Labute approximate surface area is 230 Å². The van der Waals surface area contributed by atoms with Crippen LogP contribution in [0.4, 0.5) is 0 Å². The average molecular weight is 560 g/mol. The highest BCUT2D eigenvalue weighted by atomic mass is 16.4. The van der Waals surface area contributed by atoms with Crippen LogP contribution in [0, 0.1) is 5.92 Å². The Hall–Kier alpha value is -4.46. The maximum Gasteiger partial charge on any atom is 0.326 e. The maximum absolute atomic E-state index is 13.5. The summed E-state index contributed by atoms with van der Waals surface area (Å²) in [5, 5.41) is 17.8. The van der Waals surface area contributed by atoms with E-state index in [4.69, 9.17) is 17.2 Å². The molecule has 0 aliphatic heterocycles. The Balaban J connectivity index is 2.30. The van der Waals surface area contributed by atoms with Crippen molar-refractivity contribution < 1.29 is 33.9 Å². The molecule has 1 aromatic heterocycles. The molecule has 0 saturated heterocycles. The van der Waals surface area contributed by atoms with Crippen molar-refractivity contribution in [2.24, 2.45) is 23.1 Å². The molecule has 2 rings (SSSR count). The molecule has 0 bridgehead atoms. The molecule has 0 spiro atoms. The largest absolute Gasteiger partial charge is 0.480 e. The number of aromatic amines is 1. The second-order valence-electron chi connectivity index (χ2n) is 10.00. The average Bonchev–Trinajstić information content (AvgIpc) is 3.27. The number of carboxylic acid groups (broad SMARTS) is 1. The molecular formula is C26H37N7O7. The summed E-state index contributed by atoms with van der Waals surface area (Å²) in [6.07, 6.45) is 0.923. The van der Waals surface area contributed by atoms with Crippen LogP contribution in [-0.2, 0) is 35.2 Å². The molecule has 218 valence electrons. The van der Waals surface area contributed by atoms with E-state index in [1.807, 2.05) is 38.1 Å². The lowest BCUT2D eigenvalue weighted by atomic mass is 10.00. The van der Waals surface area contributed by atoms with E-state index < -0.39 is 66.1 Å². The van der Waals surface area contributed by atoms with Crippen LogP contribution >= 0.6 is 0 Å². The molecule has 0 radical (unpaired) electrons. The molecule has 5 amide bonds. The molecule has 40 heavy (non-hydrogen) atoms. The van der Waals surface area contributed by atoms with E-state index >= 15 is 0 Å². The van der Waals surface area contributed by atoms with Gasteiger partial charge in [0.05, 0.1) is 12.5 Å². The third-order valence-corrected chi connectivity index (χ3v) is 6.12. The summed E-state index contributed by atoms with van der Waals surface area (Å²) in [7, 11) is 0. The van der Waals surface area contributed by atoms with Gasteiger partial charge in [-0.3, -0.25) is 24.0 Å². The van der Waals surface area contributed by atoms with E-state index in [1.54, 1.807) is 6.20 Å². The molecule has 2 aromatic rings.